The number of aromatic nitrogens is 1. The molecule has 3 heteroatoms. The van der Waals surface area contributed by atoms with Crippen molar-refractivity contribution >= 4 is 22.9 Å². The number of allylic oxidation sites excluding steroid dienone is 1. The molecule has 0 radical (unpaired) electrons. The summed E-state index contributed by atoms with van der Waals surface area (Å²) in [5.41, 5.74) is 8.19. The smallest absolute Gasteiger partial charge is 0.158 e. The number of para-hydroxylation sites is 1. The number of rotatable bonds is 3. The first-order valence-electron chi connectivity index (χ1n) is 13.6. The Morgan fingerprint density at radius 3 is 2.18 bits per heavy atom. The van der Waals surface area contributed by atoms with Crippen LogP contribution in [0.25, 0.3) is 11.1 Å². The minimum atomic E-state index is -0.271. The van der Waals surface area contributed by atoms with E-state index in [4.69, 9.17) is 4.98 Å². The van der Waals surface area contributed by atoms with Gasteiger partial charge in [0.1, 0.15) is 6.17 Å². The van der Waals surface area contributed by atoms with Crippen molar-refractivity contribution in [3.05, 3.63) is 115 Å². The molecule has 3 heterocycles. The second-order valence-corrected chi connectivity index (χ2v) is 12.5. The molecule has 0 N–H and O–H groups in total. The van der Waals surface area contributed by atoms with Gasteiger partial charge in [-0.15, -0.1) is 6.58 Å². The number of hydrogen-bond donors (Lipinski definition) is 0. The van der Waals surface area contributed by atoms with E-state index in [-0.39, 0.29) is 22.4 Å². The van der Waals surface area contributed by atoms with Crippen molar-refractivity contribution in [3.63, 3.8) is 0 Å². The molecule has 2 aliphatic rings. The Bertz CT molecular complexity index is 1530. The van der Waals surface area contributed by atoms with E-state index in [2.05, 4.69) is 149 Å². The molecular formula is C35H37N3. The molecule has 0 bridgehead atoms. The standard InChI is InChI=1S/C35H37N3/c1-8-35(7)27-23-25(33(2,3)4)20-21-29(27)37-30-19-14-22-36-31(30)38(32(37)34(35,5)6)28-18-13-12-17-26(28)24-15-10-9-11-16-24/h8-23,32H,1H2,2-7H3. The van der Waals surface area contributed by atoms with Gasteiger partial charge in [-0.1, -0.05) is 108 Å². The second-order valence-electron chi connectivity index (χ2n) is 12.5. The van der Waals surface area contributed by atoms with Crippen LogP contribution in [0.3, 0.4) is 0 Å². The Morgan fingerprint density at radius 1 is 0.789 bits per heavy atom. The van der Waals surface area contributed by atoms with Crippen LogP contribution in [0.2, 0.25) is 0 Å². The maximum Gasteiger partial charge on any atom is 0.158 e. The molecule has 38 heavy (non-hydrogen) atoms. The molecule has 0 saturated carbocycles. The predicted molar refractivity (Wildman–Crippen MR) is 161 cm³/mol. The Labute approximate surface area is 227 Å². The van der Waals surface area contributed by atoms with Gasteiger partial charge >= 0.3 is 0 Å². The minimum Gasteiger partial charge on any atom is -0.316 e. The van der Waals surface area contributed by atoms with Crippen molar-refractivity contribution < 1.29 is 0 Å². The maximum absolute atomic E-state index is 5.00. The van der Waals surface area contributed by atoms with Gasteiger partial charge in [-0.05, 0) is 46.4 Å². The maximum atomic E-state index is 5.00. The third-order valence-electron chi connectivity index (χ3n) is 9.07. The molecule has 2 atom stereocenters. The van der Waals surface area contributed by atoms with Gasteiger partial charge in [0.25, 0.3) is 0 Å². The van der Waals surface area contributed by atoms with Crippen molar-refractivity contribution in [3.8, 4) is 11.1 Å². The average molecular weight is 500 g/mol. The molecule has 192 valence electrons. The molecule has 6 rings (SSSR count). The summed E-state index contributed by atoms with van der Waals surface area (Å²) in [5.74, 6) is 0.994. The predicted octanol–water partition coefficient (Wildman–Crippen LogP) is 9.15. The first-order valence-corrected chi connectivity index (χ1v) is 13.6. The van der Waals surface area contributed by atoms with E-state index in [1.807, 2.05) is 6.20 Å². The van der Waals surface area contributed by atoms with Gasteiger partial charge in [-0.2, -0.15) is 0 Å². The van der Waals surface area contributed by atoms with Gasteiger partial charge in [-0.25, -0.2) is 4.98 Å². The molecule has 1 aromatic heterocycles. The van der Waals surface area contributed by atoms with Crippen LogP contribution in [0.5, 0.6) is 0 Å². The van der Waals surface area contributed by atoms with Crippen LogP contribution in [-0.4, -0.2) is 11.1 Å². The number of pyridine rings is 1. The highest BCUT2D eigenvalue weighted by Crippen LogP contribution is 2.63. The van der Waals surface area contributed by atoms with Gasteiger partial charge in [0.05, 0.1) is 11.4 Å². The largest absolute Gasteiger partial charge is 0.316 e. The lowest BCUT2D eigenvalue weighted by molar-refractivity contribution is 0.171. The van der Waals surface area contributed by atoms with Crippen LogP contribution in [0, 0.1) is 5.41 Å². The second kappa shape index (κ2) is 8.33. The minimum absolute atomic E-state index is 0.00764. The number of benzene rings is 3. The number of anilines is 4. The van der Waals surface area contributed by atoms with E-state index < -0.39 is 0 Å². The van der Waals surface area contributed by atoms with Gasteiger partial charge in [-0.3, -0.25) is 0 Å². The zero-order chi connectivity index (χ0) is 26.9. The molecule has 2 aliphatic heterocycles. The van der Waals surface area contributed by atoms with Gasteiger partial charge < -0.3 is 9.80 Å². The Balaban J connectivity index is 1.65. The summed E-state index contributed by atoms with van der Waals surface area (Å²) in [6.07, 6.45) is 4.10. The Morgan fingerprint density at radius 2 is 1.47 bits per heavy atom. The van der Waals surface area contributed by atoms with Crippen LogP contribution in [0.1, 0.15) is 52.7 Å². The summed E-state index contributed by atoms with van der Waals surface area (Å²) < 4.78 is 0. The van der Waals surface area contributed by atoms with Gasteiger partial charge in [0, 0.05) is 28.3 Å². The normalized spacial score (nSPS) is 21.5. The molecule has 0 aliphatic carbocycles. The quantitative estimate of drug-likeness (QED) is 0.262. The third-order valence-corrected chi connectivity index (χ3v) is 9.07. The lowest BCUT2D eigenvalue weighted by atomic mass is 9.58. The molecule has 0 fully saturated rings. The van der Waals surface area contributed by atoms with E-state index in [9.17, 15) is 0 Å². The summed E-state index contributed by atoms with van der Waals surface area (Å²) >= 11 is 0. The number of fused-ring (bicyclic) bond motifs is 5. The summed E-state index contributed by atoms with van der Waals surface area (Å²) in [6.45, 7) is 18.4. The van der Waals surface area contributed by atoms with E-state index in [0.29, 0.717) is 0 Å². The zero-order valence-electron chi connectivity index (χ0n) is 23.4. The summed E-state index contributed by atoms with van der Waals surface area (Å²) in [4.78, 5) is 10.0. The number of hydrogen-bond acceptors (Lipinski definition) is 3. The van der Waals surface area contributed by atoms with Crippen LogP contribution in [0.15, 0.2) is 104 Å². The van der Waals surface area contributed by atoms with Crippen molar-refractivity contribution in [1.29, 1.82) is 0 Å². The van der Waals surface area contributed by atoms with Crippen LogP contribution in [-0.2, 0) is 10.8 Å². The molecular weight excluding hydrogens is 462 g/mol. The Hall–Kier alpha value is -3.85. The fraction of sp³-hybridized carbons (Fsp3) is 0.286. The lowest BCUT2D eigenvalue weighted by Crippen LogP contribution is -2.60. The van der Waals surface area contributed by atoms with E-state index in [0.717, 1.165) is 11.5 Å². The molecule has 0 saturated heterocycles. The molecule has 4 aromatic rings. The van der Waals surface area contributed by atoms with Crippen LogP contribution in [0.4, 0.5) is 22.9 Å². The first kappa shape index (κ1) is 24.5. The topological polar surface area (TPSA) is 19.4 Å². The third kappa shape index (κ3) is 3.31. The fourth-order valence-electron chi connectivity index (χ4n) is 6.44. The summed E-state index contributed by atoms with van der Waals surface area (Å²) in [5, 5.41) is 0. The SMILES string of the molecule is C=CC1(C)c2cc(C(C)(C)C)ccc2N2c3cccnc3N(c3ccccc3-c3ccccc3)C2C1(C)C. The van der Waals surface area contributed by atoms with Crippen LogP contribution < -0.4 is 9.80 Å². The summed E-state index contributed by atoms with van der Waals surface area (Å²) in [7, 11) is 0. The number of nitrogens with zero attached hydrogens (tertiary/aromatic N) is 3. The van der Waals surface area contributed by atoms with Gasteiger partial charge in [0.2, 0.25) is 0 Å². The molecule has 3 nitrogen and oxygen atoms in total. The zero-order valence-corrected chi connectivity index (χ0v) is 23.4. The van der Waals surface area contributed by atoms with Crippen molar-refractivity contribution in [2.24, 2.45) is 5.41 Å². The van der Waals surface area contributed by atoms with Crippen molar-refractivity contribution in [1.82, 2.24) is 4.98 Å². The average Bonchev–Trinajstić information content (AvgIpc) is 3.27. The van der Waals surface area contributed by atoms with E-state index in [1.54, 1.807) is 0 Å². The highest BCUT2D eigenvalue weighted by molar-refractivity contribution is 5.93. The monoisotopic (exact) mass is 499 g/mol. The molecule has 2 unspecified atom stereocenters. The van der Waals surface area contributed by atoms with E-state index >= 15 is 0 Å². The fourth-order valence-corrected chi connectivity index (χ4v) is 6.44. The van der Waals surface area contributed by atoms with Gasteiger partial charge in [0.15, 0.2) is 5.82 Å². The van der Waals surface area contributed by atoms with Crippen molar-refractivity contribution in [2.45, 2.75) is 58.5 Å². The van der Waals surface area contributed by atoms with Crippen molar-refractivity contribution in [2.75, 3.05) is 9.80 Å². The summed E-state index contributed by atoms with van der Waals surface area (Å²) in [6, 6.07) is 30.7. The highest BCUT2D eigenvalue weighted by atomic mass is 15.5. The highest BCUT2D eigenvalue weighted by Gasteiger charge is 2.59. The molecule has 0 amide bonds. The first-order chi connectivity index (χ1) is 18.1. The Kier molecular flexibility index (Phi) is 5.36. The molecule has 0 spiro atoms. The van der Waals surface area contributed by atoms with Crippen LogP contribution >= 0.6 is 0 Å². The lowest BCUT2D eigenvalue weighted by Gasteiger charge is -2.57. The van der Waals surface area contributed by atoms with E-state index in [1.165, 1.54) is 33.6 Å². The molecule has 3 aromatic carbocycles.